The number of likely N-dealkylation sites (N-methyl/N-ethyl adjacent to an activating group) is 1. The minimum Gasteiger partial charge on any atom is -0.444 e. The van der Waals surface area contributed by atoms with Crippen molar-refractivity contribution < 1.29 is 9.53 Å². The molecule has 7 heteroatoms. The number of carbonyl (C=O) groups is 1. The molecule has 3 saturated heterocycles. The van der Waals surface area contributed by atoms with Crippen LogP contribution in [-0.2, 0) is 4.74 Å². The van der Waals surface area contributed by atoms with Gasteiger partial charge < -0.3 is 24.8 Å². The quantitative estimate of drug-likeness (QED) is 0.774. The average molecular weight is 396 g/mol. The van der Waals surface area contributed by atoms with Crippen molar-refractivity contribution >= 4 is 6.09 Å². The Balaban J connectivity index is 1.54. The molecule has 3 rings (SSSR count). The zero-order chi connectivity index (χ0) is 20.1. The molecule has 0 aromatic heterocycles. The van der Waals surface area contributed by atoms with E-state index in [0.717, 1.165) is 51.6 Å². The van der Waals surface area contributed by atoms with Gasteiger partial charge in [0.25, 0.3) is 0 Å². The van der Waals surface area contributed by atoms with Crippen LogP contribution in [0.1, 0.15) is 33.6 Å². The largest absolute Gasteiger partial charge is 0.444 e. The zero-order valence-corrected chi connectivity index (χ0v) is 18.5. The molecule has 0 spiro atoms. The maximum absolute atomic E-state index is 12.5. The van der Waals surface area contributed by atoms with Crippen LogP contribution in [0.3, 0.4) is 0 Å². The third-order valence-corrected chi connectivity index (χ3v) is 6.33. The minimum atomic E-state index is -0.427. The number of ether oxygens (including phenoxy) is 1. The molecular formula is C21H41N5O2. The van der Waals surface area contributed by atoms with Crippen molar-refractivity contribution in [2.75, 3.05) is 79.0 Å². The second-order valence-electron chi connectivity index (χ2n) is 9.78. The summed E-state index contributed by atoms with van der Waals surface area (Å²) in [5.41, 5.74) is -0.427. The summed E-state index contributed by atoms with van der Waals surface area (Å²) in [7, 11) is 2.22. The fourth-order valence-electron chi connectivity index (χ4n) is 4.68. The molecule has 7 nitrogen and oxygen atoms in total. The number of piperidine rings is 1. The van der Waals surface area contributed by atoms with Crippen LogP contribution < -0.4 is 5.32 Å². The maximum Gasteiger partial charge on any atom is 0.410 e. The van der Waals surface area contributed by atoms with E-state index < -0.39 is 5.60 Å². The number of hydrogen-bond acceptors (Lipinski definition) is 6. The maximum atomic E-state index is 12.5. The smallest absolute Gasteiger partial charge is 0.410 e. The van der Waals surface area contributed by atoms with Crippen LogP contribution in [0.15, 0.2) is 0 Å². The summed E-state index contributed by atoms with van der Waals surface area (Å²) in [6.07, 6.45) is 2.12. The molecule has 0 radical (unpaired) electrons. The Morgan fingerprint density at radius 2 is 1.79 bits per heavy atom. The van der Waals surface area contributed by atoms with Crippen LogP contribution in [0.25, 0.3) is 0 Å². The van der Waals surface area contributed by atoms with Gasteiger partial charge in [0.05, 0.1) is 0 Å². The molecule has 0 saturated carbocycles. The van der Waals surface area contributed by atoms with E-state index in [2.05, 4.69) is 27.1 Å². The predicted molar refractivity (Wildman–Crippen MR) is 113 cm³/mol. The number of hydrogen-bond donors (Lipinski definition) is 1. The van der Waals surface area contributed by atoms with Gasteiger partial charge in [-0.05, 0) is 53.1 Å². The monoisotopic (exact) mass is 395 g/mol. The van der Waals surface area contributed by atoms with Gasteiger partial charge in [0.15, 0.2) is 0 Å². The molecule has 1 N–H and O–H groups in total. The van der Waals surface area contributed by atoms with E-state index in [-0.39, 0.29) is 6.09 Å². The molecule has 2 atom stereocenters. The molecule has 3 aliphatic heterocycles. The number of rotatable bonds is 3. The van der Waals surface area contributed by atoms with Crippen molar-refractivity contribution in [1.29, 1.82) is 0 Å². The molecular weight excluding hydrogens is 354 g/mol. The Morgan fingerprint density at radius 3 is 2.50 bits per heavy atom. The third-order valence-electron chi connectivity index (χ3n) is 6.33. The van der Waals surface area contributed by atoms with Gasteiger partial charge in [0.2, 0.25) is 0 Å². The lowest BCUT2D eigenvalue weighted by Crippen LogP contribution is -2.56. The van der Waals surface area contributed by atoms with E-state index in [0.29, 0.717) is 6.04 Å². The molecule has 28 heavy (non-hydrogen) atoms. The fourth-order valence-corrected chi connectivity index (χ4v) is 4.68. The first kappa shape index (κ1) is 21.8. The van der Waals surface area contributed by atoms with E-state index in [1.807, 2.05) is 25.7 Å². The van der Waals surface area contributed by atoms with Gasteiger partial charge in [0, 0.05) is 71.5 Å². The first-order chi connectivity index (χ1) is 13.3. The van der Waals surface area contributed by atoms with Gasteiger partial charge in [-0.2, -0.15) is 0 Å². The van der Waals surface area contributed by atoms with Crippen molar-refractivity contribution in [3.63, 3.8) is 0 Å². The Hall–Kier alpha value is -0.890. The molecule has 0 bridgehead atoms. The van der Waals surface area contributed by atoms with E-state index >= 15 is 0 Å². The highest BCUT2D eigenvalue weighted by Crippen LogP contribution is 2.22. The number of carbonyl (C=O) groups excluding carboxylic acids is 1. The first-order valence-corrected chi connectivity index (χ1v) is 11.2. The molecule has 0 aromatic carbocycles. The topological polar surface area (TPSA) is 51.3 Å². The molecule has 1 amide bonds. The predicted octanol–water partition coefficient (Wildman–Crippen LogP) is 1.15. The van der Waals surface area contributed by atoms with Gasteiger partial charge in [0.1, 0.15) is 5.60 Å². The SMILES string of the molecule is CN1CCN(CC2CCNCC2N2CCCN(C(=O)OC(C)(C)C)CC2)CC1. The molecule has 2 unspecified atom stereocenters. The normalized spacial score (nSPS) is 29.5. The van der Waals surface area contributed by atoms with Crippen LogP contribution in [0, 0.1) is 5.92 Å². The third kappa shape index (κ3) is 6.31. The zero-order valence-electron chi connectivity index (χ0n) is 18.5. The van der Waals surface area contributed by atoms with Gasteiger partial charge in [-0.3, -0.25) is 4.90 Å². The van der Waals surface area contributed by atoms with Crippen molar-refractivity contribution in [3.05, 3.63) is 0 Å². The molecule has 3 aliphatic rings. The van der Waals surface area contributed by atoms with Gasteiger partial charge in [-0.25, -0.2) is 4.79 Å². The van der Waals surface area contributed by atoms with Crippen molar-refractivity contribution in [2.45, 2.75) is 45.3 Å². The summed E-state index contributed by atoms with van der Waals surface area (Å²) in [5, 5.41) is 3.62. The second-order valence-corrected chi connectivity index (χ2v) is 9.78. The summed E-state index contributed by atoms with van der Waals surface area (Å²) < 4.78 is 5.59. The Labute approximate surface area is 171 Å². The Morgan fingerprint density at radius 1 is 1.04 bits per heavy atom. The number of amides is 1. The van der Waals surface area contributed by atoms with Gasteiger partial charge in [-0.1, -0.05) is 0 Å². The average Bonchev–Trinajstić information content (AvgIpc) is 2.89. The summed E-state index contributed by atoms with van der Waals surface area (Å²) in [6.45, 7) is 17.6. The Bertz CT molecular complexity index is 502. The summed E-state index contributed by atoms with van der Waals surface area (Å²) >= 11 is 0. The van der Waals surface area contributed by atoms with Crippen molar-refractivity contribution in [3.8, 4) is 0 Å². The minimum absolute atomic E-state index is 0.162. The van der Waals surface area contributed by atoms with E-state index in [1.165, 1.54) is 39.1 Å². The Kier molecular flexibility index (Phi) is 7.59. The highest BCUT2D eigenvalue weighted by molar-refractivity contribution is 5.68. The highest BCUT2D eigenvalue weighted by Gasteiger charge is 2.33. The standard InChI is InChI=1S/C21H41N5O2/c1-21(2,3)28-20(27)26-9-5-8-25(14-15-26)19-16-22-7-6-18(19)17-24-12-10-23(4)11-13-24/h18-19,22H,5-17H2,1-4H3. The highest BCUT2D eigenvalue weighted by atomic mass is 16.6. The van der Waals surface area contributed by atoms with Crippen LogP contribution in [0.5, 0.6) is 0 Å². The van der Waals surface area contributed by atoms with Crippen LogP contribution in [0.2, 0.25) is 0 Å². The van der Waals surface area contributed by atoms with Crippen LogP contribution in [0.4, 0.5) is 4.79 Å². The lowest BCUT2D eigenvalue weighted by Gasteiger charge is -2.43. The lowest BCUT2D eigenvalue weighted by atomic mass is 9.90. The van der Waals surface area contributed by atoms with Gasteiger partial charge in [-0.15, -0.1) is 0 Å². The summed E-state index contributed by atoms with van der Waals surface area (Å²) in [6, 6.07) is 0.576. The number of nitrogens with one attached hydrogen (secondary N) is 1. The number of nitrogens with zero attached hydrogens (tertiary/aromatic N) is 4. The second kappa shape index (κ2) is 9.74. The molecule has 0 aromatic rings. The summed E-state index contributed by atoms with van der Waals surface area (Å²) in [5.74, 6) is 0.720. The molecule has 162 valence electrons. The molecule has 3 heterocycles. The fraction of sp³-hybridized carbons (Fsp3) is 0.952. The lowest BCUT2D eigenvalue weighted by molar-refractivity contribution is 0.0246. The van der Waals surface area contributed by atoms with E-state index in [1.54, 1.807) is 0 Å². The first-order valence-electron chi connectivity index (χ1n) is 11.2. The van der Waals surface area contributed by atoms with Crippen molar-refractivity contribution in [1.82, 2.24) is 24.9 Å². The van der Waals surface area contributed by atoms with E-state index in [4.69, 9.17) is 4.74 Å². The molecule has 0 aliphatic carbocycles. The van der Waals surface area contributed by atoms with Crippen molar-refractivity contribution in [2.24, 2.45) is 5.92 Å². The molecule has 3 fully saturated rings. The van der Waals surface area contributed by atoms with Gasteiger partial charge >= 0.3 is 6.09 Å². The van der Waals surface area contributed by atoms with E-state index in [9.17, 15) is 4.79 Å². The summed E-state index contributed by atoms with van der Waals surface area (Å²) in [4.78, 5) is 22.1. The van der Waals surface area contributed by atoms with Crippen LogP contribution >= 0.6 is 0 Å². The van der Waals surface area contributed by atoms with Crippen LogP contribution in [-0.4, -0.2) is 116 Å². The number of piperazine rings is 1.